The molecule has 0 atom stereocenters. The molecule has 0 bridgehead atoms. The highest BCUT2D eigenvalue weighted by molar-refractivity contribution is 7.13. The van der Waals surface area contributed by atoms with Crippen molar-refractivity contribution < 1.29 is 4.79 Å². The maximum atomic E-state index is 12.4. The first-order valence-corrected chi connectivity index (χ1v) is 9.45. The minimum Gasteiger partial charge on any atom is -0.289 e. The fraction of sp³-hybridized carbons (Fsp3) is 0.0455. The monoisotopic (exact) mass is 371 g/mol. The fourth-order valence-corrected chi connectivity index (χ4v) is 3.52. The Morgan fingerprint density at radius 1 is 1.04 bits per heavy atom. The molecule has 5 heteroatoms. The molecule has 0 saturated heterocycles. The Balaban J connectivity index is 1.64. The normalized spacial score (nSPS) is 11.1. The molecule has 4 nitrogen and oxygen atoms in total. The van der Waals surface area contributed by atoms with Crippen LogP contribution in [0.15, 0.2) is 84.6 Å². The second-order valence-corrected chi connectivity index (χ2v) is 6.97. The van der Waals surface area contributed by atoms with Crippen LogP contribution in [0.2, 0.25) is 0 Å². The lowest BCUT2D eigenvalue weighted by atomic mass is 10.1. The summed E-state index contributed by atoms with van der Waals surface area (Å²) in [4.78, 5) is 17.4. The number of hydrogen-bond acceptors (Lipinski definition) is 4. The van der Waals surface area contributed by atoms with Crippen LogP contribution >= 0.6 is 11.3 Å². The number of benzene rings is 1. The van der Waals surface area contributed by atoms with Crippen molar-refractivity contribution in [3.8, 4) is 10.6 Å². The predicted molar refractivity (Wildman–Crippen MR) is 109 cm³/mol. The molecule has 0 aliphatic rings. The van der Waals surface area contributed by atoms with Gasteiger partial charge in [-0.1, -0.05) is 36.4 Å². The van der Waals surface area contributed by atoms with Gasteiger partial charge in [0.05, 0.1) is 11.4 Å². The minimum atomic E-state index is -0.0506. The lowest BCUT2D eigenvalue weighted by Crippen LogP contribution is -1.99. The van der Waals surface area contributed by atoms with E-state index in [4.69, 9.17) is 5.10 Å². The highest BCUT2D eigenvalue weighted by Gasteiger charge is 2.11. The van der Waals surface area contributed by atoms with E-state index in [0.717, 1.165) is 16.1 Å². The molecule has 4 aromatic rings. The number of nitrogens with zero attached hydrogens (tertiary/aromatic N) is 3. The number of aromatic nitrogens is 3. The average molecular weight is 371 g/mol. The van der Waals surface area contributed by atoms with Crippen LogP contribution in [0.5, 0.6) is 0 Å². The van der Waals surface area contributed by atoms with Gasteiger partial charge in [0.25, 0.3) is 0 Å². The highest BCUT2D eigenvalue weighted by atomic mass is 32.1. The van der Waals surface area contributed by atoms with E-state index in [0.29, 0.717) is 12.1 Å². The summed E-state index contributed by atoms with van der Waals surface area (Å²) in [7, 11) is 0. The second kappa shape index (κ2) is 7.93. The topological polar surface area (TPSA) is 47.8 Å². The number of rotatable bonds is 6. The summed E-state index contributed by atoms with van der Waals surface area (Å²) >= 11 is 1.64. The van der Waals surface area contributed by atoms with Gasteiger partial charge in [-0.05, 0) is 41.3 Å². The van der Waals surface area contributed by atoms with E-state index in [1.807, 2.05) is 52.7 Å². The van der Waals surface area contributed by atoms with Crippen LogP contribution in [0, 0.1) is 0 Å². The van der Waals surface area contributed by atoms with E-state index in [9.17, 15) is 4.79 Å². The van der Waals surface area contributed by atoms with Gasteiger partial charge < -0.3 is 0 Å². The molecule has 0 amide bonds. The van der Waals surface area contributed by atoms with Crippen LogP contribution in [0.1, 0.15) is 21.5 Å². The maximum absolute atomic E-state index is 12.4. The van der Waals surface area contributed by atoms with Crippen molar-refractivity contribution in [2.75, 3.05) is 0 Å². The van der Waals surface area contributed by atoms with Crippen molar-refractivity contribution in [3.05, 3.63) is 101 Å². The van der Waals surface area contributed by atoms with E-state index in [-0.39, 0.29) is 5.78 Å². The lowest BCUT2D eigenvalue weighted by Gasteiger charge is -2.00. The van der Waals surface area contributed by atoms with Crippen LogP contribution < -0.4 is 0 Å². The Labute approximate surface area is 161 Å². The summed E-state index contributed by atoms with van der Waals surface area (Å²) in [6, 6.07) is 17.7. The van der Waals surface area contributed by atoms with Gasteiger partial charge in [-0.25, -0.2) is 0 Å². The van der Waals surface area contributed by atoms with Crippen LogP contribution in [0.4, 0.5) is 0 Å². The van der Waals surface area contributed by atoms with Gasteiger partial charge in [0.1, 0.15) is 5.69 Å². The largest absolute Gasteiger partial charge is 0.289 e. The molecular weight excluding hydrogens is 354 g/mol. The highest BCUT2D eigenvalue weighted by Crippen LogP contribution is 2.28. The molecule has 0 radical (unpaired) electrons. The number of thiophene rings is 1. The van der Waals surface area contributed by atoms with Crippen molar-refractivity contribution in [2.45, 2.75) is 6.54 Å². The molecule has 132 valence electrons. The van der Waals surface area contributed by atoms with Crippen molar-refractivity contribution >= 4 is 23.2 Å². The minimum absolute atomic E-state index is 0.0506. The van der Waals surface area contributed by atoms with Crippen LogP contribution in [0.3, 0.4) is 0 Å². The van der Waals surface area contributed by atoms with Gasteiger partial charge in [0.2, 0.25) is 0 Å². The van der Waals surface area contributed by atoms with E-state index in [2.05, 4.69) is 17.1 Å². The summed E-state index contributed by atoms with van der Waals surface area (Å²) in [5, 5.41) is 6.78. The maximum Gasteiger partial charge on any atom is 0.185 e. The van der Waals surface area contributed by atoms with Crippen molar-refractivity contribution in [1.82, 2.24) is 14.8 Å². The average Bonchev–Trinajstić information content (AvgIpc) is 3.37. The Morgan fingerprint density at radius 3 is 2.59 bits per heavy atom. The molecule has 27 heavy (non-hydrogen) atoms. The Hall–Kier alpha value is -3.31. The number of carbonyl (C=O) groups is 1. The molecule has 4 rings (SSSR count). The quantitative estimate of drug-likeness (QED) is 0.356. The fourth-order valence-electron chi connectivity index (χ4n) is 2.79. The third-order valence-electron chi connectivity index (χ3n) is 4.11. The van der Waals surface area contributed by atoms with Gasteiger partial charge in [-0.3, -0.25) is 14.5 Å². The number of hydrogen-bond donors (Lipinski definition) is 0. The van der Waals surface area contributed by atoms with E-state index in [1.54, 1.807) is 41.9 Å². The predicted octanol–water partition coefficient (Wildman–Crippen LogP) is 4.95. The smallest absolute Gasteiger partial charge is 0.185 e. The Kier molecular flexibility index (Phi) is 5.03. The molecule has 0 unspecified atom stereocenters. The third-order valence-corrected chi connectivity index (χ3v) is 4.99. The van der Waals surface area contributed by atoms with Crippen LogP contribution in [-0.2, 0) is 6.54 Å². The molecule has 3 heterocycles. The van der Waals surface area contributed by atoms with Crippen molar-refractivity contribution in [2.24, 2.45) is 0 Å². The van der Waals surface area contributed by atoms with E-state index >= 15 is 0 Å². The molecule has 0 aliphatic heterocycles. The number of allylic oxidation sites excluding steroid dienone is 1. The number of carbonyl (C=O) groups excluding carboxylic acids is 1. The lowest BCUT2D eigenvalue weighted by molar-refractivity contribution is 0.104. The van der Waals surface area contributed by atoms with Gasteiger partial charge in [0, 0.05) is 29.7 Å². The first kappa shape index (κ1) is 17.1. The summed E-state index contributed by atoms with van der Waals surface area (Å²) < 4.78 is 1.92. The molecule has 0 fully saturated rings. The first-order valence-electron chi connectivity index (χ1n) is 8.57. The standard InChI is InChI=1S/C22H17N3OS/c26-20(18-10-12-23-13-11-18)9-8-19-16-25(15-17-5-2-1-3-6-17)24-22(19)21-7-4-14-27-21/h1-14,16H,15H2/b9-8+. The van der Waals surface area contributed by atoms with Crippen molar-refractivity contribution in [1.29, 1.82) is 0 Å². The van der Waals surface area contributed by atoms with Crippen LogP contribution in [-0.4, -0.2) is 20.5 Å². The molecule has 0 spiro atoms. The molecule has 3 aromatic heterocycles. The summed E-state index contributed by atoms with van der Waals surface area (Å²) in [5.74, 6) is -0.0506. The third kappa shape index (κ3) is 4.10. The molecule has 0 N–H and O–H groups in total. The zero-order valence-corrected chi connectivity index (χ0v) is 15.3. The molecular formula is C22H17N3OS. The molecule has 0 aliphatic carbocycles. The number of pyridine rings is 1. The SMILES string of the molecule is O=C(/C=C/c1cn(Cc2ccccc2)nc1-c1cccs1)c1ccncc1. The zero-order valence-electron chi connectivity index (χ0n) is 14.5. The van der Waals surface area contributed by atoms with E-state index in [1.165, 1.54) is 5.56 Å². The zero-order chi connectivity index (χ0) is 18.5. The van der Waals surface area contributed by atoms with Gasteiger partial charge in [0.15, 0.2) is 5.78 Å². The van der Waals surface area contributed by atoms with Gasteiger partial charge in [-0.2, -0.15) is 5.10 Å². The molecule has 0 saturated carbocycles. The number of ketones is 1. The summed E-state index contributed by atoms with van der Waals surface area (Å²) in [6.07, 6.45) is 8.66. The second-order valence-electron chi connectivity index (χ2n) is 6.03. The first-order chi connectivity index (χ1) is 13.3. The van der Waals surface area contributed by atoms with Gasteiger partial charge in [-0.15, -0.1) is 11.3 Å². The Bertz CT molecular complexity index is 1050. The summed E-state index contributed by atoms with van der Waals surface area (Å²) in [6.45, 7) is 0.686. The van der Waals surface area contributed by atoms with Crippen LogP contribution in [0.25, 0.3) is 16.6 Å². The molecule has 1 aromatic carbocycles. The van der Waals surface area contributed by atoms with Crippen molar-refractivity contribution in [3.63, 3.8) is 0 Å². The Morgan fingerprint density at radius 2 is 1.85 bits per heavy atom. The van der Waals surface area contributed by atoms with E-state index < -0.39 is 0 Å². The summed E-state index contributed by atoms with van der Waals surface area (Å²) in [5.41, 5.74) is 3.62. The van der Waals surface area contributed by atoms with Gasteiger partial charge >= 0.3 is 0 Å².